The second kappa shape index (κ2) is 7.98. The maximum absolute atomic E-state index is 12.3. The number of carbonyl (C=O) groups is 1. The van der Waals surface area contributed by atoms with Crippen molar-refractivity contribution in [2.45, 2.75) is 26.7 Å². The van der Waals surface area contributed by atoms with Crippen LogP contribution in [0.2, 0.25) is 0 Å². The van der Waals surface area contributed by atoms with Crippen LogP contribution < -0.4 is 10.6 Å². The zero-order valence-corrected chi connectivity index (χ0v) is 13.1. The van der Waals surface area contributed by atoms with Gasteiger partial charge in [-0.15, -0.1) is 0 Å². The molecule has 116 valence electrons. The zero-order valence-electron chi connectivity index (χ0n) is 13.1. The normalized spacial score (nSPS) is 16.7. The van der Waals surface area contributed by atoms with Gasteiger partial charge in [0, 0.05) is 32.0 Å². The number of carbonyl (C=O) groups excluding carboxylic acids is 1. The number of likely N-dealkylation sites (tertiary alicyclic amines) is 1. The number of hydrogen-bond acceptors (Lipinski definition) is 4. The van der Waals surface area contributed by atoms with E-state index in [9.17, 15) is 4.79 Å². The molecule has 1 aromatic rings. The second-order valence-electron chi connectivity index (χ2n) is 5.77. The number of amides is 1. The SMILES string of the molecule is CCNc1ccncc1C(=O)NCC(C)CN1CCCC1. The standard InChI is InChI=1S/C16H26N4O/c1-3-18-15-6-7-17-11-14(15)16(21)19-10-13(2)12-20-8-4-5-9-20/h6-7,11,13H,3-5,8-10,12H2,1-2H3,(H,17,18)(H,19,21). The highest BCUT2D eigenvalue weighted by Crippen LogP contribution is 2.13. The third kappa shape index (κ3) is 4.70. The quantitative estimate of drug-likeness (QED) is 0.806. The molecule has 1 aromatic heterocycles. The van der Waals surface area contributed by atoms with Crippen LogP contribution in [0.15, 0.2) is 18.5 Å². The van der Waals surface area contributed by atoms with Crippen LogP contribution in [0.3, 0.4) is 0 Å². The third-order valence-electron chi connectivity index (χ3n) is 3.81. The van der Waals surface area contributed by atoms with Crippen molar-refractivity contribution >= 4 is 11.6 Å². The van der Waals surface area contributed by atoms with Crippen LogP contribution in [0.25, 0.3) is 0 Å². The minimum absolute atomic E-state index is 0.0488. The Labute approximate surface area is 127 Å². The molecule has 5 heteroatoms. The molecule has 1 atom stereocenters. The predicted octanol–water partition coefficient (Wildman–Crippen LogP) is 1.98. The van der Waals surface area contributed by atoms with E-state index in [4.69, 9.17) is 0 Å². The van der Waals surface area contributed by atoms with Gasteiger partial charge in [0.05, 0.1) is 11.3 Å². The van der Waals surface area contributed by atoms with Gasteiger partial charge in [0.2, 0.25) is 0 Å². The number of hydrogen-bond donors (Lipinski definition) is 2. The summed E-state index contributed by atoms with van der Waals surface area (Å²) in [6.45, 7) is 9.16. The van der Waals surface area contributed by atoms with Gasteiger partial charge < -0.3 is 15.5 Å². The average molecular weight is 290 g/mol. The number of aromatic nitrogens is 1. The summed E-state index contributed by atoms with van der Waals surface area (Å²) in [5, 5.41) is 6.22. The van der Waals surface area contributed by atoms with E-state index in [0.717, 1.165) is 18.8 Å². The van der Waals surface area contributed by atoms with E-state index >= 15 is 0 Å². The van der Waals surface area contributed by atoms with Gasteiger partial charge in [0.25, 0.3) is 5.91 Å². The highest BCUT2D eigenvalue weighted by atomic mass is 16.1. The Hall–Kier alpha value is -1.62. The van der Waals surface area contributed by atoms with Crippen molar-refractivity contribution in [1.82, 2.24) is 15.2 Å². The van der Waals surface area contributed by atoms with Crippen LogP contribution in [0, 0.1) is 5.92 Å². The molecular formula is C16H26N4O. The molecular weight excluding hydrogens is 264 g/mol. The molecule has 0 spiro atoms. The lowest BCUT2D eigenvalue weighted by Gasteiger charge is -2.20. The van der Waals surface area contributed by atoms with Crippen molar-refractivity contribution in [2.75, 3.05) is 38.0 Å². The molecule has 0 radical (unpaired) electrons. The Bertz CT molecular complexity index is 457. The van der Waals surface area contributed by atoms with E-state index in [0.29, 0.717) is 18.0 Å². The van der Waals surface area contributed by atoms with Crippen LogP contribution in [-0.4, -0.2) is 48.5 Å². The van der Waals surface area contributed by atoms with Crippen molar-refractivity contribution < 1.29 is 4.79 Å². The lowest BCUT2D eigenvalue weighted by Crippen LogP contribution is -2.34. The predicted molar refractivity (Wildman–Crippen MR) is 85.6 cm³/mol. The molecule has 0 bridgehead atoms. The van der Waals surface area contributed by atoms with Gasteiger partial charge in [0.15, 0.2) is 0 Å². The first-order valence-electron chi connectivity index (χ1n) is 7.89. The molecule has 21 heavy (non-hydrogen) atoms. The lowest BCUT2D eigenvalue weighted by atomic mass is 10.1. The number of nitrogens with one attached hydrogen (secondary N) is 2. The zero-order chi connectivity index (χ0) is 15.1. The molecule has 1 amide bonds. The lowest BCUT2D eigenvalue weighted by molar-refractivity contribution is 0.0945. The van der Waals surface area contributed by atoms with Gasteiger partial charge in [-0.05, 0) is 44.8 Å². The first-order valence-corrected chi connectivity index (χ1v) is 7.89. The van der Waals surface area contributed by atoms with Crippen LogP contribution in [0.1, 0.15) is 37.0 Å². The molecule has 5 nitrogen and oxygen atoms in total. The van der Waals surface area contributed by atoms with E-state index in [-0.39, 0.29) is 5.91 Å². The van der Waals surface area contributed by atoms with E-state index < -0.39 is 0 Å². The fraction of sp³-hybridized carbons (Fsp3) is 0.625. The van der Waals surface area contributed by atoms with Crippen LogP contribution >= 0.6 is 0 Å². The van der Waals surface area contributed by atoms with Gasteiger partial charge in [-0.25, -0.2) is 0 Å². The van der Waals surface area contributed by atoms with Gasteiger partial charge in [-0.1, -0.05) is 6.92 Å². The molecule has 2 heterocycles. The van der Waals surface area contributed by atoms with Gasteiger partial charge in [0.1, 0.15) is 0 Å². The first-order chi connectivity index (χ1) is 10.2. The summed E-state index contributed by atoms with van der Waals surface area (Å²) in [6.07, 6.45) is 5.94. The highest BCUT2D eigenvalue weighted by molar-refractivity contribution is 5.99. The molecule has 1 saturated heterocycles. The first kappa shape index (κ1) is 15.8. The second-order valence-corrected chi connectivity index (χ2v) is 5.77. The maximum atomic E-state index is 12.3. The summed E-state index contributed by atoms with van der Waals surface area (Å²) >= 11 is 0. The summed E-state index contributed by atoms with van der Waals surface area (Å²) in [4.78, 5) is 18.8. The molecule has 0 saturated carbocycles. The summed E-state index contributed by atoms with van der Waals surface area (Å²) < 4.78 is 0. The Balaban J connectivity index is 1.83. The Kier molecular flexibility index (Phi) is 5.99. The fourth-order valence-corrected chi connectivity index (χ4v) is 2.75. The molecule has 1 aliphatic rings. The molecule has 1 aliphatic heterocycles. The number of pyridine rings is 1. The third-order valence-corrected chi connectivity index (χ3v) is 3.81. The maximum Gasteiger partial charge on any atom is 0.254 e. The fourth-order valence-electron chi connectivity index (χ4n) is 2.75. The minimum atomic E-state index is -0.0488. The van der Waals surface area contributed by atoms with Crippen molar-refractivity contribution in [3.8, 4) is 0 Å². The summed E-state index contributed by atoms with van der Waals surface area (Å²) in [5.41, 5.74) is 1.46. The van der Waals surface area contributed by atoms with Gasteiger partial charge >= 0.3 is 0 Å². The topological polar surface area (TPSA) is 57.3 Å². The van der Waals surface area contributed by atoms with Crippen LogP contribution in [-0.2, 0) is 0 Å². The largest absolute Gasteiger partial charge is 0.385 e. The van der Waals surface area contributed by atoms with E-state index in [1.165, 1.54) is 25.9 Å². The smallest absolute Gasteiger partial charge is 0.254 e. The van der Waals surface area contributed by atoms with E-state index in [2.05, 4.69) is 27.4 Å². The summed E-state index contributed by atoms with van der Waals surface area (Å²) in [6, 6.07) is 1.84. The molecule has 1 unspecified atom stereocenters. The Morgan fingerprint density at radius 3 is 2.90 bits per heavy atom. The highest BCUT2D eigenvalue weighted by Gasteiger charge is 2.16. The number of anilines is 1. The molecule has 2 rings (SSSR count). The van der Waals surface area contributed by atoms with Crippen LogP contribution in [0.4, 0.5) is 5.69 Å². The summed E-state index contributed by atoms with van der Waals surface area (Å²) in [7, 11) is 0. The summed E-state index contributed by atoms with van der Waals surface area (Å²) in [5.74, 6) is 0.415. The monoisotopic (exact) mass is 290 g/mol. The van der Waals surface area contributed by atoms with E-state index in [1.807, 2.05) is 13.0 Å². The number of nitrogens with zero attached hydrogens (tertiary/aromatic N) is 2. The van der Waals surface area contributed by atoms with Gasteiger partial charge in [-0.3, -0.25) is 9.78 Å². The molecule has 0 aromatic carbocycles. The molecule has 0 aliphatic carbocycles. The van der Waals surface area contributed by atoms with Gasteiger partial charge in [-0.2, -0.15) is 0 Å². The van der Waals surface area contributed by atoms with Crippen molar-refractivity contribution in [1.29, 1.82) is 0 Å². The Morgan fingerprint density at radius 1 is 1.43 bits per heavy atom. The van der Waals surface area contributed by atoms with Crippen molar-refractivity contribution in [3.63, 3.8) is 0 Å². The molecule has 1 fully saturated rings. The van der Waals surface area contributed by atoms with E-state index in [1.54, 1.807) is 12.4 Å². The Morgan fingerprint density at radius 2 is 2.19 bits per heavy atom. The average Bonchev–Trinajstić information content (AvgIpc) is 2.98. The van der Waals surface area contributed by atoms with Crippen LogP contribution in [0.5, 0.6) is 0 Å². The minimum Gasteiger partial charge on any atom is -0.385 e. The number of rotatable bonds is 7. The molecule has 2 N–H and O–H groups in total. The van der Waals surface area contributed by atoms with Crippen molar-refractivity contribution in [2.24, 2.45) is 5.92 Å². The van der Waals surface area contributed by atoms with Crippen molar-refractivity contribution in [3.05, 3.63) is 24.0 Å².